The first-order valence-corrected chi connectivity index (χ1v) is 6.99. The number of rotatable bonds is 8. The number of carbonyl (C=O) groups is 2. The van der Waals surface area contributed by atoms with E-state index in [9.17, 15) is 9.59 Å². The number of unbranched alkanes of at least 4 members (excludes halogenated alkanes) is 1. The van der Waals surface area contributed by atoms with Crippen LogP contribution in [-0.2, 0) is 9.59 Å². The van der Waals surface area contributed by atoms with E-state index in [1.165, 1.54) is 0 Å². The fourth-order valence-electron chi connectivity index (χ4n) is 1.01. The molecule has 0 aliphatic heterocycles. The zero-order chi connectivity index (χ0) is 13.5. The van der Waals surface area contributed by atoms with Crippen molar-refractivity contribution >= 4 is 23.6 Å². The lowest BCUT2D eigenvalue weighted by Gasteiger charge is -2.20. The third-order valence-corrected chi connectivity index (χ3v) is 3.76. The lowest BCUT2D eigenvalue weighted by atomic mass is 9.94. The van der Waals surface area contributed by atoms with Crippen molar-refractivity contribution in [3.05, 3.63) is 0 Å². The molecule has 0 heterocycles. The molecule has 0 aliphatic rings. The van der Waals surface area contributed by atoms with Gasteiger partial charge in [0.05, 0.1) is 10.7 Å². The molecule has 1 atom stereocenters. The van der Waals surface area contributed by atoms with E-state index in [0.29, 0.717) is 0 Å². The van der Waals surface area contributed by atoms with Crippen molar-refractivity contribution in [1.29, 1.82) is 0 Å². The highest BCUT2D eigenvalue weighted by Gasteiger charge is 2.28. The lowest BCUT2D eigenvalue weighted by Crippen LogP contribution is -2.41. The van der Waals surface area contributed by atoms with Gasteiger partial charge in [-0.3, -0.25) is 9.59 Å². The number of carboxylic acid groups (broad SMARTS) is 1. The Hall–Kier alpha value is -0.710. The second-order valence-electron chi connectivity index (χ2n) is 4.77. The molecule has 0 aromatic rings. The average molecular weight is 261 g/mol. The summed E-state index contributed by atoms with van der Waals surface area (Å²) in [6.07, 6.45) is 2.22. The van der Waals surface area contributed by atoms with Gasteiger partial charge in [-0.05, 0) is 32.9 Å². The van der Waals surface area contributed by atoms with Crippen LogP contribution in [0.2, 0.25) is 0 Å². The Balaban J connectivity index is 3.97. The minimum Gasteiger partial charge on any atom is -0.481 e. The predicted octanol–water partition coefficient (Wildman–Crippen LogP) is 2.14. The fraction of sp³-hybridized carbons (Fsp3) is 0.833. The molecule has 1 amide bonds. The molecule has 1 unspecified atom stereocenters. The van der Waals surface area contributed by atoms with Gasteiger partial charge in [-0.2, -0.15) is 0 Å². The molecule has 0 rings (SSSR count). The number of aliphatic carboxylic acids is 1. The van der Waals surface area contributed by atoms with Crippen molar-refractivity contribution < 1.29 is 14.7 Å². The number of carbonyl (C=O) groups excluding carboxylic acids is 1. The maximum atomic E-state index is 11.7. The number of amides is 1. The molecule has 100 valence electrons. The molecular weight excluding hydrogens is 238 g/mol. The van der Waals surface area contributed by atoms with Gasteiger partial charge >= 0.3 is 5.97 Å². The summed E-state index contributed by atoms with van der Waals surface area (Å²) in [5.74, 6) is -0.0162. The van der Waals surface area contributed by atoms with Gasteiger partial charge in [0.1, 0.15) is 0 Å². The third kappa shape index (κ3) is 6.56. The summed E-state index contributed by atoms with van der Waals surface area (Å²) in [6.45, 7) is 7.33. The lowest BCUT2D eigenvalue weighted by molar-refractivity contribution is -0.146. The average Bonchev–Trinajstić information content (AvgIpc) is 2.26. The summed E-state index contributed by atoms with van der Waals surface area (Å²) in [4.78, 5) is 22.5. The number of thioether (sulfide) groups is 1. The molecule has 0 saturated heterocycles. The molecule has 4 nitrogen and oxygen atoms in total. The van der Waals surface area contributed by atoms with Crippen molar-refractivity contribution in [3.63, 3.8) is 0 Å². The first-order valence-electron chi connectivity index (χ1n) is 5.94. The minimum absolute atomic E-state index is 0.0829. The van der Waals surface area contributed by atoms with Crippen LogP contribution >= 0.6 is 11.8 Å². The first kappa shape index (κ1) is 16.3. The van der Waals surface area contributed by atoms with Crippen LogP contribution in [0.1, 0.15) is 40.5 Å². The van der Waals surface area contributed by atoms with Crippen molar-refractivity contribution in [1.82, 2.24) is 5.32 Å². The molecule has 0 spiro atoms. The van der Waals surface area contributed by atoms with Crippen LogP contribution in [0.25, 0.3) is 0 Å². The van der Waals surface area contributed by atoms with Crippen molar-refractivity contribution in [2.24, 2.45) is 5.41 Å². The molecule has 0 aromatic heterocycles. The monoisotopic (exact) mass is 261 g/mol. The van der Waals surface area contributed by atoms with Crippen molar-refractivity contribution in [3.8, 4) is 0 Å². The maximum absolute atomic E-state index is 11.7. The Morgan fingerprint density at radius 3 is 2.47 bits per heavy atom. The zero-order valence-corrected chi connectivity index (χ0v) is 11.9. The number of nitrogens with one attached hydrogen (secondary N) is 1. The molecule has 0 aromatic carbocycles. The summed E-state index contributed by atoms with van der Waals surface area (Å²) in [5.41, 5.74) is -0.913. The Labute approximate surface area is 108 Å². The van der Waals surface area contributed by atoms with Gasteiger partial charge in [-0.15, -0.1) is 11.8 Å². The van der Waals surface area contributed by atoms with E-state index in [4.69, 9.17) is 5.11 Å². The van der Waals surface area contributed by atoms with Gasteiger partial charge in [0.15, 0.2) is 0 Å². The highest BCUT2D eigenvalue weighted by Crippen LogP contribution is 2.15. The van der Waals surface area contributed by atoms with E-state index in [1.54, 1.807) is 25.6 Å². The summed E-state index contributed by atoms with van der Waals surface area (Å²) >= 11 is 1.61. The summed E-state index contributed by atoms with van der Waals surface area (Å²) in [6, 6.07) is 0. The molecule has 0 fully saturated rings. The molecule has 0 bridgehead atoms. The summed E-state index contributed by atoms with van der Waals surface area (Å²) in [5, 5.41) is 11.5. The molecule has 0 saturated carbocycles. The van der Waals surface area contributed by atoms with Crippen LogP contribution in [0.15, 0.2) is 0 Å². The van der Waals surface area contributed by atoms with E-state index in [0.717, 1.165) is 18.6 Å². The van der Waals surface area contributed by atoms with Crippen LogP contribution in [0, 0.1) is 5.41 Å². The Morgan fingerprint density at radius 1 is 1.41 bits per heavy atom. The van der Waals surface area contributed by atoms with Crippen LogP contribution in [0.4, 0.5) is 0 Å². The normalized spacial score (nSPS) is 13.2. The van der Waals surface area contributed by atoms with E-state index < -0.39 is 11.4 Å². The minimum atomic E-state index is -0.913. The highest BCUT2D eigenvalue weighted by molar-refractivity contribution is 8.00. The second-order valence-corrected chi connectivity index (χ2v) is 6.22. The topological polar surface area (TPSA) is 66.4 Å². The van der Waals surface area contributed by atoms with Gasteiger partial charge in [-0.25, -0.2) is 0 Å². The quantitative estimate of drug-likeness (QED) is 0.657. The van der Waals surface area contributed by atoms with E-state index in [2.05, 4.69) is 12.2 Å². The highest BCUT2D eigenvalue weighted by atomic mass is 32.2. The number of carboxylic acids is 1. The zero-order valence-electron chi connectivity index (χ0n) is 11.1. The van der Waals surface area contributed by atoms with Crippen LogP contribution in [0.5, 0.6) is 0 Å². The van der Waals surface area contributed by atoms with Crippen LogP contribution in [-0.4, -0.2) is 34.5 Å². The smallest absolute Gasteiger partial charge is 0.310 e. The molecule has 0 radical (unpaired) electrons. The Bertz CT molecular complexity index is 266. The molecule has 0 aliphatic carbocycles. The van der Waals surface area contributed by atoms with Gasteiger partial charge in [0.2, 0.25) is 5.91 Å². The summed E-state index contributed by atoms with van der Waals surface area (Å²) < 4.78 is 0. The maximum Gasteiger partial charge on any atom is 0.310 e. The van der Waals surface area contributed by atoms with Gasteiger partial charge in [0.25, 0.3) is 0 Å². The van der Waals surface area contributed by atoms with Crippen molar-refractivity contribution in [2.45, 2.75) is 45.8 Å². The first-order chi connectivity index (χ1) is 7.81. The van der Waals surface area contributed by atoms with E-state index in [1.807, 2.05) is 6.92 Å². The third-order valence-electron chi connectivity index (χ3n) is 2.52. The largest absolute Gasteiger partial charge is 0.481 e. The molecule has 2 N–H and O–H groups in total. The fourth-order valence-corrected chi connectivity index (χ4v) is 2.05. The van der Waals surface area contributed by atoms with E-state index >= 15 is 0 Å². The van der Waals surface area contributed by atoms with Crippen LogP contribution < -0.4 is 5.32 Å². The van der Waals surface area contributed by atoms with E-state index in [-0.39, 0.29) is 17.7 Å². The Morgan fingerprint density at radius 2 is 2.00 bits per heavy atom. The number of hydrogen-bond acceptors (Lipinski definition) is 3. The number of hydrogen-bond donors (Lipinski definition) is 2. The second kappa shape index (κ2) is 7.58. The standard InChI is InChI=1S/C12H23NO3S/c1-5-6-7-17-9(2)10(14)13-8-12(3,4)11(15)16/h9H,5-8H2,1-4H3,(H,13,14)(H,15,16). The van der Waals surface area contributed by atoms with Gasteiger partial charge in [0, 0.05) is 6.54 Å². The van der Waals surface area contributed by atoms with Gasteiger partial charge in [-0.1, -0.05) is 13.3 Å². The van der Waals surface area contributed by atoms with Crippen LogP contribution in [0.3, 0.4) is 0 Å². The van der Waals surface area contributed by atoms with Gasteiger partial charge < -0.3 is 10.4 Å². The SMILES string of the molecule is CCCCSC(C)C(=O)NCC(C)(C)C(=O)O. The molecule has 17 heavy (non-hydrogen) atoms. The molecular formula is C12H23NO3S. The molecule has 5 heteroatoms. The Kier molecular flexibility index (Phi) is 7.27. The predicted molar refractivity (Wildman–Crippen MR) is 71.3 cm³/mol. The van der Waals surface area contributed by atoms with Crippen molar-refractivity contribution in [2.75, 3.05) is 12.3 Å². The summed E-state index contributed by atoms with van der Waals surface area (Å²) in [7, 11) is 0.